The SMILES string of the molecule is CCC[C@H](N)C(=O)N(C)c1ccccc1C. The number of carbonyl (C=O) groups is 1. The molecular weight excluding hydrogens is 200 g/mol. The second-order valence-corrected chi connectivity index (χ2v) is 4.08. The van der Waals surface area contributed by atoms with Crippen LogP contribution >= 0.6 is 0 Å². The van der Waals surface area contributed by atoms with E-state index < -0.39 is 6.04 Å². The lowest BCUT2D eigenvalue weighted by atomic mass is 10.1. The van der Waals surface area contributed by atoms with Gasteiger partial charge in [-0.3, -0.25) is 4.79 Å². The smallest absolute Gasteiger partial charge is 0.243 e. The zero-order chi connectivity index (χ0) is 12.1. The van der Waals surface area contributed by atoms with Gasteiger partial charge in [0.05, 0.1) is 6.04 Å². The molecule has 1 aromatic rings. The van der Waals surface area contributed by atoms with Crippen LogP contribution in [0.25, 0.3) is 0 Å². The Kier molecular flexibility index (Phi) is 4.50. The van der Waals surface area contributed by atoms with Crippen LogP contribution in [-0.2, 0) is 4.79 Å². The first kappa shape index (κ1) is 12.7. The van der Waals surface area contributed by atoms with Gasteiger partial charge >= 0.3 is 0 Å². The van der Waals surface area contributed by atoms with Crippen molar-refractivity contribution in [2.75, 3.05) is 11.9 Å². The first-order valence-electron chi connectivity index (χ1n) is 5.66. The number of carbonyl (C=O) groups excluding carboxylic acids is 1. The van der Waals surface area contributed by atoms with Crippen LogP contribution in [0.5, 0.6) is 0 Å². The number of para-hydroxylation sites is 1. The largest absolute Gasteiger partial charge is 0.320 e. The van der Waals surface area contributed by atoms with Crippen molar-refractivity contribution in [3.63, 3.8) is 0 Å². The van der Waals surface area contributed by atoms with Gasteiger partial charge in [-0.2, -0.15) is 0 Å². The third-order valence-electron chi connectivity index (χ3n) is 2.72. The van der Waals surface area contributed by atoms with Crippen LogP contribution in [0.4, 0.5) is 5.69 Å². The maximum absolute atomic E-state index is 12.0. The van der Waals surface area contributed by atoms with Gasteiger partial charge in [0, 0.05) is 12.7 Å². The van der Waals surface area contributed by atoms with Gasteiger partial charge in [-0.1, -0.05) is 31.5 Å². The summed E-state index contributed by atoms with van der Waals surface area (Å²) in [6.45, 7) is 4.02. The monoisotopic (exact) mass is 220 g/mol. The lowest BCUT2D eigenvalue weighted by molar-refractivity contribution is -0.119. The first-order valence-corrected chi connectivity index (χ1v) is 5.66. The molecular formula is C13H20N2O. The summed E-state index contributed by atoms with van der Waals surface area (Å²) < 4.78 is 0. The van der Waals surface area contributed by atoms with E-state index in [1.807, 2.05) is 38.1 Å². The van der Waals surface area contributed by atoms with Crippen LogP contribution < -0.4 is 10.6 Å². The van der Waals surface area contributed by atoms with Crippen molar-refractivity contribution >= 4 is 11.6 Å². The Morgan fingerprint density at radius 1 is 1.44 bits per heavy atom. The normalized spacial score (nSPS) is 12.2. The Bertz CT molecular complexity index is 363. The Hall–Kier alpha value is -1.35. The maximum Gasteiger partial charge on any atom is 0.243 e. The molecule has 0 aliphatic heterocycles. The van der Waals surface area contributed by atoms with Crippen LogP contribution in [-0.4, -0.2) is 19.0 Å². The minimum atomic E-state index is -0.394. The van der Waals surface area contributed by atoms with Gasteiger partial charge < -0.3 is 10.6 Å². The van der Waals surface area contributed by atoms with Crippen LogP contribution in [0.2, 0.25) is 0 Å². The quantitative estimate of drug-likeness (QED) is 0.844. The summed E-state index contributed by atoms with van der Waals surface area (Å²) in [5, 5.41) is 0. The van der Waals surface area contributed by atoms with Crippen molar-refractivity contribution in [1.82, 2.24) is 0 Å². The number of nitrogens with two attached hydrogens (primary N) is 1. The Morgan fingerprint density at radius 3 is 2.62 bits per heavy atom. The topological polar surface area (TPSA) is 46.3 Å². The van der Waals surface area contributed by atoms with Crippen molar-refractivity contribution in [2.45, 2.75) is 32.7 Å². The number of hydrogen-bond acceptors (Lipinski definition) is 2. The lowest BCUT2D eigenvalue weighted by Crippen LogP contribution is -2.42. The zero-order valence-corrected chi connectivity index (χ0v) is 10.2. The van der Waals surface area contributed by atoms with Crippen molar-refractivity contribution in [2.24, 2.45) is 5.73 Å². The molecule has 0 aliphatic rings. The van der Waals surface area contributed by atoms with Gasteiger partial charge in [0.2, 0.25) is 5.91 Å². The van der Waals surface area contributed by atoms with E-state index in [0.29, 0.717) is 0 Å². The highest BCUT2D eigenvalue weighted by molar-refractivity contribution is 5.97. The van der Waals surface area contributed by atoms with E-state index in [1.165, 1.54) is 0 Å². The van der Waals surface area contributed by atoms with E-state index in [1.54, 1.807) is 11.9 Å². The zero-order valence-electron chi connectivity index (χ0n) is 10.2. The van der Waals surface area contributed by atoms with Gasteiger partial charge in [0.25, 0.3) is 0 Å². The predicted octanol–water partition coefficient (Wildman–Crippen LogP) is 2.09. The number of aryl methyl sites for hydroxylation is 1. The summed E-state index contributed by atoms with van der Waals surface area (Å²) in [4.78, 5) is 13.6. The van der Waals surface area contributed by atoms with E-state index in [4.69, 9.17) is 5.73 Å². The lowest BCUT2D eigenvalue weighted by Gasteiger charge is -2.22. The molecule has 1 atom stereocenters. The van der Waals surface area contributed by atoms with Gasteiger partial charge in [0.15, 0.2) is 0 Å². The van der Waals surface area contributed by atoms with E-state index in [0.717, 1.165) is 24.1 Å². The van der Waals surface area contributed by atoms with Crippen molar-refractivity contribution in [1.29, 1.82) is 0 Å². The fourth-order valence-corrected chi connectivity index (χ4v) is 1.74. The van der Waals surface area contributed by atoms with Crippen LogP contribution in [0.3, 0.4) is 0 Å². The Morgan fingerprint density at radius 2 is 2.06 bits per heavy atom. The van der Waals surface area contributed by atoms with Crippen LogP contribution in [0, 0.1) is 6.92 Å². The maximum atomic E-state index is 12.0. The molecule has 3 nitrogen and oxygen atoms in total. The Labute approximate surface area is 97.2 Å². The van der Waals surface area contributed by atoms with Gasteiger partial charge in [-0.15, -0.1) is 0 Å². The summed E-state index contributed by atoms with van der Waals surface area (Å²) in [6.07, 6.45) is 1.66. The highest BCUT2D eigenvalue weighted by Crippen LogP contribution is 2.18. The second kappa shape index (κ2) is 5.66. The van der Waals surface area contributed by atoms with Crippen LogP contribution in [0.1, 0.15) is 25.3 Å². The average molecular weight is 220 g/mol. The fraction of sp³-hybridized carbons (Fsp3) is 0.462. The van der Waals surface area contributed by atoms with Crippen molar-refractivity contribution < 1.29 is 4.79 Å². The molecule has 0 aromatic heterocycles. The third kappa shape index (κ3) is 2.83. The summed E-state index contributed by atoms with van der Waals surface area (Å²) >= 11 is 0. The van der Waals surface area contributed by atoms with E-state index in [-0.39, 0.29) is 5.91 Å². The summed E-state index contributed by atoms with van der Waals surface area (Å²) in [5.41, 5.74) is 7.84. The molecule has 0 saturated carbocycles. The van der Waals surface area contributed by atoms with Crippen molar-refractivity contribution in [3.8, 4) is 0 Å². The van der Waals surface area contributed by atoms with E-state index in [2.05, 4.69) is 0 Å². The minimum absolute atomic E-state index is 0.0175. The summed E-state index contributed by atoms with van der Waals surface area (Å²) in [5.74, 6) is -0.0175. The molecule has 0 radical (unpaired) electrons. The molecule has 0 saturated heterocycles. The molecule has 0 heterocycles. The molecule has 0 aliphatic carbocycles. The summed E-state index contributed by atoms with van der Waals surface area (Å²) in [6, 6.07) is 7.42. The van der Waals surface area contributed by atoms with Gasteiger partial charge in [-0.05, 0) is 25.0 Å². The Balaban J connectivity index is 2.82. The number of hydrogen-bond donors (Lipinski definition) is 1. The number of likely N-dealkylation sites (N-methyl/N-ethyl adjacent to an activating group) is 1. The molecule has 3 heteroatoms. The molecule has 1 rings (SSSR count). The fourth-order valence-electron chi connectivity index (χ4n) is 1.74. The van der Waals surface area contributed by atoms with Gasteiger partial charge in [-0.25, -0.2) is 0 Å². The van der Waals surface area contributed by atoms with Crippen molar-refractivity contribution in [3.05, 3.63) is 29.8 Å². The number of amides is 1. The average Bonchev–Trinajstić information content (AvgIpc) is 2.28. The minimum Gasteiger partial charge on any atom is -0.320 e. The molecule has 0 fully saturated rings. The molecule has 0 bridgehead atoms. The molecule has 2 N–H and O–H groups in total. The number of benzene rings is 1. The predicted molar refractivity (Wildman–Crippen MR) is 67.5 cm³/mol. The highest BCUT2D eigenvalue weighted by Gasteiger charge is 2.18. The molecule has 0 unspecified atom stereocenters. The third-order valence-corrected chi connectivity index (χ3v) is 2.72. The van der Waals surface area contributed by atoms with E-state index in [9.17, 15) is 4.79 Å². The molecule has 1 amide bonds. The standard InChI is InChI=1S/C13H20N2O/c1-4-7-11(14)13(16)15(3)12-9-6-5-8-10(12)2/h5-6,8-9,11H,4,7,14H2,1-3H3/t11-/m0/s1. The molecule has 1 aromatic carbocycles. The first-order chi connectivity index (χ1) is 7.57. The number of rotatable bonds is 4. The van der Waals surface area contributed by atoms with Gasteiger partial charge in [0.1, 0.15) is 0 Å². The highest BCUT2D eigenvalue weighted by atomic mass is 16.2. The molecule has 16 heavy (non-hydrogen) atoms. The number of nitrogens with zero attached hydrogens (tertiary/aromatic N) is 1. The summed E-state index contributed by atoms with van der Waals surface area (Å²) in [7, 11) is 1.78. The van der Waals surface area contributed by atoms with E-state index >= 15 is 0 Å². The second-order valence-electron chi connectivity index (χ2n) is 4.08. The molecule has 0 spiro atoms. The number of anilines is 1. The molecule has 88 valence electrons. The van der Waals surface area contributed by atoms with Crippen LogP contribution in [0.15, 0.2) is 24.3 Å².